The van der Waals surface area contributed by atoms with Gasteiger partial charge in [0.15, 0.2) is 5.96 Å². The van der Waals surface area contributed by atoms with Crippen molar-refractivity contribution in [1.29, 1.82) is 0 Å². The van der Waals surface area contributed by atoms with E-state index in [1.165, 1.54) is 64.2 Å². The van der Waals surface area contributed by atoms with E-state index in [4.69, 9.17) is 5.73 Å². The third-order valence-electron chi connectivity index (χ3n) is 5.79. The van der Waals surface area contributed by atoms with Crippen molar-refractivity contribution in [3.8, 4) is 0 Å². The molecule has 0 amide bonds. The van der Waals surface area contributed by atoms with Crippen LogP contribution in [0.15, 0.2) is 4.99 Å². The van der Waals surface area contributed by atoms with Gasteiger partial charge in [-0.05, 0) is 37.5 Å². The van der Waals surface area contributed by atoms with E-state index in [1.807, 2.05) is 0 Å². The van der Waals surface area contributed by atoms with Crippen molar-refractivity contribution in [2.75, 3.05) is 6.54 Å². The quantitative estimate of drug-likeness (QED) is 0.743. The summed E-state index contributed by atoms with van der Waals surface area (Å²) < 4.78 is 0. The fourth-order valence-electron chi connectivity index (χ4n) is 5.02. The molecule has 2 N–H and O–H groups in total. The number of hydrogen-bond acceptors (Lipinski definition) is 3. The topological polar surface area (TPSA) is 41.6 Å². The lowest BCUT2D eigenvalue weighted by Crippen LogP contribution is -2.59. The molecule has 1 aliphatic heterocycles. The molecule has 2 saturated carbocycles. The van der Waals surface area contributed by atoms with Gasteiger partial charge in [-0.15, -0.1) is 0 Å². The summed E-state index contributed by atoms with van der Waals surface area (Å²) in [5, 5.41) is 0. The van der Waals surface area contributed by atoms with Crippen LogP contribution in [-0.2, 0) is 0 Å². The summed E-state index contributed by atoms with van der Waals surface area (Å²) in [6, 6.07) is 0.651. The highest BCUT2D eigenvalue weighted by Crippen LogP contribution is 2.47. The highest BCUT2D eigenvalue weighted by Gasteiger charge is 2.49. The van der Waals surface area contributed by atoms with Gasteiger partial charge in [0.2, 0.25) is 0 Å². The van der Waals surface area contributed by atoms with Crippen molar-refractivity contribution >= 4 is 5.96 Å². The molecule has 0 aromatic carbocycles. The summed E-state index contributed by atoms with van der Waals surface area (Å²) in [6.45, 7) is 5.79. The Balaban J connectivity index is 1.83. The number of nitrogens with two attached hydrogens (primary N) is 1. The van der Waals surface area contributed by atoms with Gasteiger partial charge < -0.3 is 10.6 Å². The maximum atomic E-state index is 6.33. The Hall–Kier alpha value is -0.730. The summed E-state index contributed by atoms with van der Waals surface area (Å²) >= 11 is 0. The molecule has 3 rings (SSSR count). The van der Waals surface area contributed by atoms with Crippen LogP contribution in [0.25, 0.3) is 0 Å². The van der Waals surface area contributed by atoms with Crippen molar-refractivity contribution in [2.45, 2.75) is 89.6 Å². The summed E-state index contributed by atoms with van der Waals surface area (Å²) in [4.78, 5) is 7.27. The Kier molecular flexibility index (Phi) is 3.72. The average molecular weight is 277 g/mol. The van der Waals surface area contributed by atoms with Gasteiger partial charge >= 0.3 is 0 Å². The van der Waals surface area contributed by atoms with E-state index in [1.54, 1.807) is 0 Å². The fourth-order valence-corrected chi connectivity index (χ4v) is 5.02. The van der Waals surface area contributed by atoms with Gasteiger partial charge in [-0.3, -0.25) is 4.99 Å². The maximum absolute atomic E-state index is 6.33. The minimum atomic E-state index is 0.251. The average Bonchev–Trinajstić information content (AvgIpc) is 2.57. The molecule has 1 atom stereocenters. The van der Waals surface area contributed by atoms with Crippen LogP contribution in [0.3, 0.4) is 0 Å². The number of aliphatic imine (C=N–C) groups is 1. The highest BCUT2D eigenvalue weighted by atomic mass is 15.4. The summed E-state index contributed by atoms with van der Waals surface area (Å²) in [7, 11) is 0. The van der Waals surface area contributed by atoms with Gasteiger partial charge in [-0.25, -0.2) is 0 Å². The molecular formula is C17H31N3. The molecule has 20 heavy (non-hydrogen) atoms. The van der Waals surface area contributed by atoms with Crippen molar-refractivity contribution in [3.05, 3.63) is 0 Å². The maximum Gasteiger partial charge on any atom is 0.192 e. The van der Waals surface area contributed by atoms with Gasteiger partial charge in [0.25, 0.3) is 0 Å². The van der Waals surface area contributed by atoms with Crippen LogP contribution in [-0.4, -0.2) is 29.0 Å². The lowest BCUT2D eigenvalue weighted by Gasteiger charge is -2.50. The van der Waals surface area contributed by atoms with Crippen LogP contribution in [0, 0.1) is 5.41 Å². The van der Waals surface area contributed by atoms with E-state index in [2.05, 4.69) is 23.7 Å². The minimum Gasteiger partial charge on any atom is -0.370 e. The smallest absolute Gasteiger partial charge is 0.192 e. The molecule has 0 radical (unpaired) electrons. The molecule has 1 spiro atoms. The van der Waals surface area contributed by atoms with Crippen LogP contribution >= 0.6 is 0 Å². The van der Waals surface area contributed by atoms with Crippen LogP contribution in [0.5, 0.6) is 0 Å². The molecule has 114 valence electrons. The van der Waals surface area contributed by atoms with E-state index in [0.717, 1.165) is 12.5 Å². The first-order chi connectivity index (χ1) is 9.53. The molecule has 2 fully saturated rings. The summed E-state index contributed by atoms with van der Waals surface area (Å²) in [5.41, 5.74) is 7.03. The molecule has 3 aliphatic rings. The van der Waals surface area contributed by atoms with Crippen LogP contribution in [0.1, 0.15) is 78.1 Å². The third kappa shape index (κ3) is 2.56. The van der Waals surface area contributed by atoms with E-state index < -0.39 is 0 Å². The number of nitrogens with zero attached hydrogens (tertiary/aromatic N) is 2. The fraction of sp³-hybridized carbons (Fsp3) is 0.941. The van der Waals surface area contributed by atoms with Crippen molar-refractivity contribution < 1.29 is 0 Å². The van der Waals surface area contributed by atoms with Gasteiger partial charge in [-0.2, -0.15) is 0 Å². The molecule has 0 bridgehead atoms. The van der Waals surface area contributed by atoms with Crippen LogP contribution in [0.4, 0.5) is 0 Å². The van der Waals surface area contributed by atoms with Crippen molar-refractivity contribution in [1.82, 2.24) is 4.90 Å². The molecule has 0 aromatic heterocycles. The number of hydrogen-bond donors (Lipinski definition) is 1. The van der Waals surface area contributed by atoms with E-state index >= 15 is 0 Å². The Morgan fingerprint density at radius 2 is 1.75 bits per heavy atom. The van der Waals surface area contributed by atoms with Gasteiger partial charge in [-0.1, -0.05) is 46.0 Å². The zero-order valence-corrected chi connectivity index (χ0v) is 13.3. The second kappa shape index (κ2) is 5.23. The molecule has 2 aliphatic carbocycles. The first kappa shape index (κ1) is 14.2. The predicted octanol–water partition coefficient (Wildman–Crippen LogP) is 3.68. The summed E-state index contributed by atoms with van der Waals surface area (Å²) in [5.74, 6) is 0.842. The van der Waals surface area contributed by atoms with Crippen LogP contribution < -0.4 is 5.73 Å². The minimum absolute atomic E-state index is 0.251. The first-order valence-corrected chi connectivity index (χ1v) is 8.62. The first-order valence-electron chi connectivity index (χ1n) is 8.62. The molecule has 0 saturated heterocycles. The Labute approximate surface area is 124 Å². The predicted molar refractivity (Wildman–Crippen MR) is 84.8 cm³/mol. The zero-order valence-electron chi connectivity index (χ0n) is 13.3. The number of guanidine groups is 1. The van der Waals surface area contributed by atoms with Crippen molar-refractivity contribution in [3.63, 3.8) is 0 Å². The number of rotatable bonds is 1. The highest BCUT2D eigenvalue weighted by molar-refractivity contribution is 5.81. The standard InChI is InChI=1S/C17H31N3/c1-16(2)10-7-11-17(12-16)13-19-15(18)20(17)14-8-5-3-4-6-9-14/h14H,3-13H2,1-2H3,(H2,18,19). The van der Waals surface area contributed by atoms with Crippen LogP contribution in [0.2, 0.25) is 0 Å². The second-order valence-corrected chi connectivity index (χ2v) is 8.11. The molecule has 1 unspecified atom stereocenters. The molecule has 0 aromatic rings. The van der Waals surface area contributed by atoms with Gasteiger partial charge in [0.1, 0.15) is 0 Å². The second-order valence-electron chi connectivity index (χ2n) is 8.11. The largest absolute Gasteiger partial charge is 0.370 e. The SMILES string of the molecule is CC1(C)CCCC2(CN=C(N)N2C2CCCCCC2)C1. The van der Waals surface area contributed by atoms with E-state index in [-0.39, 0.29) is 5.54 Å². The lowest BCUT2D eigenvalue weighted by atomic mass is 9.67. The Morgan fingerprint density at radius 1 is 1.05 bits per heavy atom. The van der Waals surface area contributed by atoms with E-state index in [9.17, 15) is 0 Å². The van der Waals surface area contributed by atoms with Crippen molar-refractivity contribution in [2.24, 2.45) is 16.1 Å². The normalized spacial score (nSPS) is 35.1. The zero-order chi connectivity index (χ0) is 14.2. The third-order valence-corrected chi connectivity index (χ3v) is 5.79. The molecule has 1 heterocycles. The Bertz CT molecular complexity index is 380. The van der Waals surface area contributed by atoms with Gasteiger partial charge in [0, 0.05) is 6.04 Å². The molecule has 3 heteroatoms. The molecule has 3 nitrogen and oxygen atoms in total. The lowest BCUT2D eigenvalue weighted by molar-refractivity contribution is 0.0399. The molecular weight excluding hydrogens is 246 g/mol. The van der Waals surface area contributed by atoms with E-state index in [0.29, 0.717) is 11.5 Å². The Morgan fingerprint density at radius 3 is 2.40 bits per heavy atom. The summed E-state index contributed by atoms with van der Waals surface area (Å²) in [6.07, 6.45) is 13.4. The van der Waals surface area contributed by atoms with Gasteiger partial charge in [0.05, 0.1) is 12.1 Å². The monoisotopic (exact) mass is 277 g/mol.